The second-order valence-electron chi connectivity index (χ2n) is 2.63. The first-order chi connectivity index (χ1) is 5.16. The Morgan fingerprint density at radius 1 is 1.40 bits per heavy atom. The summed E-state index contributed by atoms with van der Waals surface area (Å²) in [5, 5.41) is 0. The van der Waals surface area contributed by atoms with Gasteiger partial charge in [0, 0.05) is 0 Å². The maximum absolute atomic E-state index is 6.82. The smallest absolute Gasteiger partial charge is 0.0538 e. The van der Waals surface area contributed by atoms with Crippen molar-refractivity contribution in [1.29, 1.82) is 0 Å². The fourth-order valence-corrected chi connectivity index (χ4v) is 0.549. The zero-order valence-electron chi connectivity index (χ0n) is 8.02. The van der Waals surface area contributed by atoms with E-state index in [1.807, 2.05) is 6.92 Å². The second-order valence-corrected chi connectivity index (χ2v) is 2.63. The molecule has 0 amide bonds. The third-order valence-electron chi connectivity index (χ3n) is 1.23. The SMILES string of the molecule is [2H]/C=C\C(C)=C\CC=C(C)C. The predicted octanol–water partition coefficient (Wildman–Crippen LogP) is 3.48. The summed E-state index contributed by atoms with van der Waals surface area (Å²) in [5.74, 6) is 0. The lowest BCUT2D eigenvalue weighted by Gasteiger charge is -1.89. The van der Waals surface area contributed by atoms with Crippen LogP contribution in [0.15, 0.2) is 35.9 Å². The van der Waals surface area contributed by atoms with Crippen LogP contribution in [0.4, 0.5) is 0 Å². The van der Waals surface area contributed by atoms with Gasteiger partial charge in [-0.3, -0.25) is 0 Å². The van der Waals surface area contributed by atoms with Gasteiger partial charge in [0.2, 0.25) is 0 Å². The van der Waals surface area contributed by atoms with E-state index in [0.717, 1.165) is 12.0 Å². The highest BCUT2D eigenvalue weighted by molar-refractivity contribution is 5.14. The van der Waals surface area contributed by atoms with Gasteiger partial charge in [0.1, 0.15) is 0 Å². The Kier molecular flexibility index (Phi) is 3.69. The van der Waals surface area contributed by atoms with Crippen LogP contribution in [0.2, 0.25) is 0 Å². The minimum Gasteiger partial charge on any atom is -0.0988 e. The summed E-state index contributed by atoms with van der Waals surface area (Å²) in [6, 6.07) is 0. The van der Waals surface area contributed by atoms with Crippen molar-refractivity contribution < 1.29 is 1.37 Å². The normalized spacial score (nSPS) is 13.5. The minimum atomic E-state index is 0.971. The molecule has 0 aromatic rings. The molecule has 0 unspecified atom stereocenters. The van der Waals surface area contributed by atoms with E-state index in [2.05, 4.69) is 26.0 Å². The quantitative estimate of drug-likeness (QED) is 0.412. The molecule has 0 aromatic heterocycles. The van der Waals surface area contributed by atoms with Gasteiger partial charge in [-0.1, -0.05) is 35.9 Å². The van der Waals surface area contributed by atoms with E-state index in [9.17, 15) is 0 Å². The van der Waals surface area contributed by atoms with Crippen molar-refractivity contribution >= 4 is 0 Å². The van der Waals surface area contributed by atoms with Crippen LogP contribution >= 0.6 is 0 Å². The topological polar surface area (TPSA) is 0 Å². The van der Waals surface area contributed by atoms with Gasteiger partial charge in [-0.25, -0.2) is 0 Å². The number of rotatable bonds is 3. The van der Waals surface area contributed by atoms with Crippen LogP contribution in [0.5, 0.6) is 0 Å². The molecule has 0 saturated heterocycles. The molecule has 0 aliphatic heterocycles. The van der Waals surface area contributed by atoms with Gasteiger partial charge < -0.3 is 0 Å². The maximum Gasteiger partial charge on any atom is 0.0538 e. The molecule has 0 heteroatoms. The van der Waals surface area contributed by atoms with Crippen molar-refractivity contribution in [2.24, 2.45) is 0 Å². The highest BCUT2D eigenvalue weighted by atomic mass is 13.8. The average molecular weight is 137 g/mol. The van der Waals surface area contributed by atoms with Crippen LogP contribution < -0.4 is 0 Å². The molecule has 0 spiro atoms. The average Bonchev–Trinajstić information content (AvgIpc) is 1.87. The van der Waals surface area contributed by atoms with E-state index in [0.29, 0.717) is 0 Å². The Hall–Kier alpha value is -0.780. The summed E-state index contributed by atoms with van der Waals surface area (Å²) in [5.41, 5.74) is 2.49. The van der Waals surface area contributed by atoms with E-state index in [-0.39, 0.29) is 0 Å². The lowest BCUT2D eigenvalue weighted by molar-refractivity contribution is 1.26. The van der Waals surface area contributed by atoms with E-state index >= 15 is 0 Å². The maximum atomic E-state index is 6.82. The molecule has 0 nitrogen and oxygen atoms in total. The third-order valence-corrected chi connectivity index (χ3v) is 1.23. The van der Waals surface area contributed by atoms with E-state index in [1.54, 1.807) is 6.08 Å². The number of allylic oxidation sites excluding steroid dienone is 5. The van der Waals surface area contributed by atoms with E-state index < -0.39 is 0 Å². The Morgan fingerprint density at radius 2 is 2.10 bits per heavy atom. The molecule has 0 saturated carbocycles. The predicted molar refractivity (Wildman–Crippen MR) is 48.0 cm³/mol. The molecular formula is C10H16. The molecule has 0 aromatic carbocycles. The fourth-order valence-electron chi connectivity index (χ4n) is 0.549. The van der Waals surface area contributed by atoms with Crippen LogP contribution in [0.3, 0.4) is 0 Å². The summed E-state index contributed by atoms with van der Waals surface area (Å²) < 4.78 is 6.82. The summed E-state index contributed by atoms with van der Waals surface area (Å²) >= 11 is 0. The first-order valence-corrected chi connectivity index (χ1v) is 3.52. The molecule has 0 atom stereocenters. The summed E-state index contributed by atoms with van der Waals surface area (Å²) in [4.78, 5) is 0. The van der Waals surface area contributed by atoms with Crippen LogP contribution in [-0.4, -0.2) is 0 Å². The van der Waals surface area contributed by atoms with Crippen LogP contribution in [0, 0.1) is 0 Å². The van der Waals surface area contributed by atoms with Crippen molar-refractivity contribution in [3.05, 3.63) is 35.9 Å². The van der Waals surface area contributed by atoms with Gasteiger partial charge in [0.15, 0.2) is 0 Å². The zero-order valence-corrected chi connectivity index (χ0v) is 7.02. The Morgan fingerprint density at radius 3 is 2.60 bits per heavy atom. The van der Waals surface area contributed by atoms with E-state index in [4.69, 9.17) is 1.37 Å². The molecule has 0 fully saturated rings. The van der Waals surface area contributed by atoms with Gasteiger partial charge in [0.25, 0.3) is 0 Å². The molecule has 10 heavy (non-hydrogen) atoms. The van der Waals surface area contributed by atoms with Crippen molar-refractivity contribution in [2.75, 3.05) is 0 Å². The highest BCUT2D eigenvalue weighted by Crippen LogP contribution is 1.99. The minimum absolute atomic E-state index is 0.971. The Bertz CT molecular complexity index is 181. The Labute approximate surface area is 65.4 Å². The van der Waals surface area contributed by atoms with Gasteiger partial charge in [-0.2, -0.15) is 0 Å². The molecule has 0 aliphatic rings. The standard InChI is InChI=1S/C10H16/c1-5-10(4)8-6-7-9(2)3/h5,7-8H,1,6H2,2-4H3/b10-8+/i1D/b5-1-,10-8+. The number of hydrogen-bond donors (Lipinski definition) is 0. The highest BCUT2D eigenvalue weighted by Gasteiger charge is 1.78. The van der Waals surface area contributed by atoms with Gasteiger partial charge in [-0.05, 0) is 27.2 Å². The summed E-state index contributed by atoms with van der Waals surface area (Å²) in [6.45, 7) is 7.49. The molecule has 0 heterocycles. The summed E-state index contributed by atoms with van der Waals surface area (Å²) in [6.07, 6.45) is 7.04. The largest absolute Gasteiger partial charge is 0.0988 e. The third kappa shape index (κ3) is 5.36. The molecule has 0 N–H and O–H groups in total. The Balaban J connectivity index is 3.83. The monoisotopic (exact) mass is 137 g/mol. The van der Waals surface area contributed by atoms with Crippen molar-refractivity contribution in [1.82, 2.24) is 0 Å². The molecule has 0 radical (unpaired) electrons. The lowest BCUT2D eigenvalue weighted by Crippen LogP contribution is -1.68. The summed E-state index contributed by atoms with van der Waals surface area (Å²) in [7, 11) is 0. The zero-order chi connectivity index (χ0) is 8.69. The van der Waals surface area contributed by atoms with Crippen LogP contribution in [0.25, 0.3) is 0 Å². The van der Waals surface area contributed by atoms with Crippen molar-refractivity contribution in [3.63, 3.8) is 0 Å². The fraction of sp³-hybridized carbons (Fsp3) is 0.400. The molecule has 0 aliphatic carbocycles. The van der Waals surface area contributed by atoms with Crippen molar-refractivity contribution in [3.8, 4) is 0 Å². The first kappa shape index (κ1) is 7.33. The van der Waals surface area contributed by atoms with Crippen LogP contribution in [-0.2, 0) is 0 Å². The molecule has 0 bridgehead atoms. The molecular weight excluding hydrogens is 120 g/mol. The number of hydrogen-bond acceptors (Lipinski definition) is 0. The van der Waals surface area contributed by atoms with Crippen molar-refractivity contribution in [2.45, 2.75) is 27.2 Å². The van der Waals surface area contributed by atoms with Gasteiger partial charge in [0.05, 0.1) is 1.37 Å². The van der Waals surface area contributed by atoms with Gasteiger partial charge >= 0.3 is 0 Å². The van der Waals surface area contributed by atoms with E-state index in [1.165, 1.54) is 12.1 Å². The first-order valence-electron chi connectivity index (χ1n) is 4.09. The van der Waals surface area contributed by atoms with Gasteiger partial charge in [-0.15, -0.1) is 0 Å². The molecule has 56 valence electrons. The second kappa shape index (κ2) is 5.04. The lowest BCUT2D eigenvalue weighted by atomic mass is 10.2. The molecule has 0 rings (SSSR count). The van der Waals surface area contributed by atoms with Crippen LogP contribution in [0.1, 0.15) is 28.6 Å².